The Bertz CT molecular complexity index is 720. The molecule has 0 amide bonds. The van der Waals surface area contributed by atoms with E-state index < -0.39 is 29.0 Å². The minimum Gasteiger partial charge on any atom is -0.322 e. The van der Waals surface area contributed by atoms with Gasteiger partial charge in [-0.25, -0.2) is 28.5 Å². The van der Waals surface area contributed by atoms with Crippen LogP contribution in [0.5, 0.6) is 0 Å². The molecule has 0 spiro atoms. The zero-order chi connectivity index (χ0) is 16.2. The molecule has 1 aromatic rings. The van der Waals surface area contributed by atoms with Gasteiger partial charge in [-0.2, -0.15) is 0 Å². The van der Waals surface area contributed by atoms with Gasteiger partial charge in [0.05, 0.1) is 0 Å². The van der Waals surface area contributed by atoms with Gasteiger partial charge >= 0.3 is 29.0 Å². The van der Waals surface area contributed by atoms with Crippen molar-refractivity contribution in [2.24, 2.45) is 0 Å². The maximum Gasteiger partial charge on any atom is 0.404 e. The van der Waals surface area contributed by atoms with Gasteiger partial charge in [0.2, 0.25) is 0 Å². The van der Waals surface area contributed by atoms with Gasteiger partial charge in [0, 0.05) is 18.7 Å². The summed E-state index contributed by atoms with van der Waals surface area (Å²) in [6.45, 7) is 7.45. The number of carbonyl (C=O) groups excluding carboxylic acids is 2. The van der Waals surface area contributed by atoms with Gasteiger partial charge in [-0.3, -0.25) is 0 Å². The lowest BCUT2D eigenvalue weighted by Crippen LogP contribution is -2.58. The minimum absolute atomic E-state index is 0.0225. The normalized spacial score (nSPS) is 9.76. The molecule has 21 heavy (non-hydrogen) atoms. The van der Waals surface area contributed by atoms with Crippen LogP contribution in [0.1, 0.15) is 6.92 Å². The van der Waals surface area contributed by atoms with Gasteiger partial charge < -0.3 is 9.68 Å². The Labute approximate surface area is 116 Å². The predicted octanol–water partition coefficient (Wildman–Crippen LogP) is -2.53. The van der Waals surface area contributed by atoms with Crippen molar-refractivity contribution in [2.75, 3.05) is 0 Å². The lowest BCUT2D eigenvalue weighted by Gasteiger charge is -2.10. The van der Waals surface area contributed by atoms with Crippen LogP contribution in [0.15, 0.2) is 39.7 Å². The SMILES string of the molecule is C=CC(=O)On1c(=O)n(CC)c(=O)n(OC(=O)C=C)c1=O. The van der Waals surface area contributed by atoms with Crippen molar-refractivity contribution in [2.45, 2.75) is 13.5 Å². The summed E-state index contributed by atoms with van der Waals surface area (Å²) in [4.78, 5) is 66.6. The Balaban J connectivity index is 3.66. The largest absolute Gasteiger partial charge is 0.404 e. The van der Waals surface area contributed by atoms with E-state index in [0.29, 0.717) is 16.7 Å². The van der Waals surface area contributed by atoms with Crippen LogP contribution < -0.4 is 26.7 Å². The van der Waals surface area contributed by atoms with Crippen molar-refractivity contribution in [1.29, 1.82) is 0 Å². The molecule has 0 aliphatic heterocycles. The lowest BCUT2D eigenvalue weighted by molar-refractivity contribution is -0.143. The van der Waals surface area contributed by atoms with Crippen LogP contribution in [-0.2, 0) is 16.1 Å². The summed E-state index contributed by atoms with van der Waals surface area (Å²) >= 11 is 0. The molecular weight excluding hydrogens is 286 g/mol. The maximum atomic E-state index is 11.9. The first kappa shape index (κ1) is 15.9. The van der Waals surface area contributed by atoms with E-state index in [-0.39, 0.29) is 16.0 Å². The van der Waals surface area contributed by atoms with Crippen LogP contribution >= 0.6 is 0 Å². The number of hydrogen-bond acceptors (Lipinski definition) is 7. The van der Waals surface area contributed by atoms with Gasteiger partial charge in [0.15, 0.2) is 0 Å². The first-order chi connectivity index (χ1) is 9.87. The Morgan fingerprint density at radius 3 is 1.62 bits per heavy atom. The summed E-state index contributed by atoms with van der Waals surface area (Å²) in [5.74, 6) is -2.23. The molecule has 1 aromatic heterocycles. The van der Waals surface area contributed by atoms with Crippen molar-refractivity contribution in [3.63, 3.8) is 0 Å². The maximum absolute atomic E-state index is 11.9. The van der Waals surface area contributed by atoms with E-state index in [4.69, 9.17) is 0 Å². The molecule has 1 heterocycles. The third-order valence-electron chi connectivity index (χ3n) is 2.17. The highest BCUT2D eigenvalue weighted by atomic mass is 16.7. The fourth-order valence-corrected chi connectivity index (χ4v) is 1.23. The Morgan fingerprint density at radius 2 is 1.33 bits per heavy atom. The lowest BCUT2D eigenvalue weighted by atomic mass is 10.7. The molecule has 0 atom stereocenters. The molecule has 0 aliphatic carbocycles. The van der Waals surface area contributed by atoms with E-state index in [1.54, 1.807) is 0 Å². The fraction of sp³-hybridized carbons (Fsp3) is 0.182. The van der Waals surface area contributed by atoms with Crippen molar-refractivity contribution in [3.8, 4) is 0 Å². The average molecular weight is 297 g/mol. The molecule has 0 saturated heterocycles. The molecule has 112 valence electrons. The van der Waals surface area contributed by atoms with Crippen LogP contribution in [0.25, 0.3) is 0 Å². The van der Waals surface area contributed by atoms with E-state index in [1.807, 2.05) is 0 Å². The number of rotatable bonds is 5. The molecule has 10 heteroatoms. The molecule has 0 bridgehead atoms. The van der Waals surface area contributed by atoms with Crippen LogP contribution in [0.2, 0.25) is 0 Å². The fourth-order valence-electron chi connectivity index (χ4n) is 1.23. The van der Waals surface area contributed by atoms with E-state index in [0.717, 1.165) is 0 Å². The second kappa shape index (κ2) is 6.32. The summed E-state index contributed by atoms with van der Waals surface area (Å²) in [7, 11) is 0. The quantitative estimate of drug-likeness (QED) is 0.550. The highest BCUT2D eigenvalue weighted by Crippen LogP contribution is 1.76. The van der Waals surface area contributed by atoms with Crippen LogP contribution in [0, 0.1) is 0 Å². The Morgan fingerprint density at radius 1 is 0.952 bits per heavy atom. The smallest absolute Gasteiger partial charge is 0.322 e. The number of hydrogen-bond donors (Lipinski definition) is 0. The molecule has 0 radical (unpaired) electrons. The molecule has 1 rings (SSSR count). The van der Waals surface area contributed by atoms with E-state index >= 15 is 0 Å². The van der Waals surface area contributed by atoms with E-state index in [9.17, 15) is 24.0 Å². The van der Waals surface area contributed by atoms with Crippen LogP contribution in [0.3, 0.4) is 0 Å². The number of carbonyl (C=O) groups is 2. The van der Waals surface area contributed by atoms with E-state index in [2.05, 4.69) is 22.8 Å². The Hall–Kier alpha value is -3.17. The van der Waals surface area contributed by atoms with Gasteiger partial charge in [0.25, 0.3) is 0 Å². The summed E-state index contributed by atoms with van der Waals surface area (Å²) in [5, 5.41) is 0. The molecular formula is C11H11N3O7. The number of nitrogens with zero attached hydrogens (tertiary/aromatic N) is 3. The predicted molar refractivity (Wildman–Crippen MR) is 68.5 cm³/mol. The minimum atomic E-state index is -1.46. The molecule has 0 aromatic carbocycles. The van der Waals surface area contributed by atoms with Gasteiger partial charge in [0.1, 0.15) is 0 Å². The Kier molecular flexibility index (Phi) is 4.78. The summed E-state index contributed by atoms with van der Waals surface area (Å²) in [5.41, 5.74) is -3.86. The third kappa shape index (κ3) is 3.05. The van der Waals surface area contributed by atoms with Crippen molar-refractivity contribution >= 4 is 11.9 Å². The number of aromatic nitrogens is 3. The first-order valence-electron chi connectivity index (χ1n) is 5.55. The molecule has 0 unspecified atom stereocenters. The molecule has 10 nitrogen and oxygen atoms in total. The highest BCUT2D eigenvalue weighted by Gasteiger charge is 2.19. The van der Waals surface area contributed by atoms with Gasteiger partial charge in [-0.15, -0.1) is 0 Å². The third-order valence-corrected chi connectivity index (χ3v) is 2.17. The second-order valence-electron chi connectivity index (χ2n) is 3.41. The molecule has 0 aliphatic rings. The second-order valence-corrected chi connectivity index (χ2v) is 3.41. The monoisotopic (exact) mass is 297 g/mol. The zero-order valence-corrected chi connectivity index (χ0v) is 11.0. The molecule has 0 N–H and O–H groups in total. The summed E-state index contributed by atoms with van der Waals surface area (Å²) in [6.07, 6.45) is 1.40. The van der Waals surface area contributed by atoms with Crippen molar-refractivity contribution in [1.82, 2.24) is 14.0 Å². The van der Waals surface area contributed by atoms with Crippen molar-refractivity contribution < 1.29 is 19.3 Å². The van der Waals surface area contributed by atoms with Crippen molar-refractivity contribution in [3.05, 3.63) is 56.8 Å². The average Bonchev–Trinajstić information content (AvgIpc) is 2.47. The highest BCUT2D eigenvalue weighted by molar-refractivity contribution is 5.81. The molecule has 0 saturated carbocycles. The summed E-state index contributed by atoms with van der Waals surface area (Å²) < 4.78 is 0.477. The zero-order valence-electron chi connectivity index (χ0n) is 11.0. The van der Waals surface area contributed by atoms with Gasteiger partial charge in [-0.1, -0.05) is 22.6 Å². The molecule has 0 fully saturated rings. The first-order valence-corrected chi connectivity index (χ1v) is 5.55. The van der Waals surface area contributed by atoms with E-state index in [1.165, 1.54) is 6.92 Å². The topological polar surface area (TPSA) is 119 Å². The van der Waals surface area contributed by atoms with Gasteiger partial charge in [-0.05, 0) is 6.92 Å². The summed E-state index contributed by atoms with van der Waals surface area (Å²) in [6, 6.07) is 0. The van der Waals surface area contributed by atoms with Crippen LogP contribution in [0.4, 0.5) is 0 Å². The van der Waals surface area contributed by atoms with Crippen LogP contribution in [-0.4, -0.2) is 26.0 Å². The standard InChI is InChI=1S/C11H11N3O7/c1-4-7(15)20-13-9(17)12(6-3)10(18)14(11(13)19)21-8(16)5-2/h4-5H,1-2,6H2,3H3.